The molecule has 0 aliphatic heterocycles. The van der Waals surface area contributed by atoms with Crippen LogP contribution in [0.4, 0.5) is 0 Å². The highest BCUT2D eigenvalue weighted by Gasteiger charge is 2.11. The third-order valence-electron chi connectivity index (χ3n) is 2.78. The van der Waals surface area contributed by atoms with Gasteiger partial charge < -0.3 is 0 Å². The van der Waals surface area contributed by atoms with Crippen LogP contribution in [-0.2, 0) is 6.54 Å². The minimum atomic E-state index is -0.244. The summed E-state index contributed by atoms with van der Waals surface area (Å²) in [6.45, 7) is 2.40. The first-order valence-electron chi connectivity index (χ1n) is 6.11. The van der Waals surface area contributed by atoms with E-state index in [1.54, 1.807) is 11.8 Å². The lowest BCUT2D eigenvalue weighted by Crippen LogP contribution is -2.16. The second-order valence-electron chi connectivity index (χ2n) is 4.00. The molecule has 7 heteroatoms. The summed E-state index contributed by atoms with van der Waals surface area (Å²) in [5, 5.41) is 6.85. The van der Waals surface area contributed by atoms with Crippen molar-refractivity contribution in [2.24, 2.45) is 0 Å². The van der Waals surface area contributed by atoms with Crippen LogP contribution in [-0.4, -0.2) is 32.6 Å². The van der Waals surface area contributed by atoms with Gasteiger partial charge in [-0.2, -0.15) is 0 Å². The average molecular weight is 309 g/mol. The zero-order valence-corrected chi connectivity index (χ0v) is 12.9. The van der Waals surface area contributed by atoms with Gasteiger partial charge in [0.15, 0.2) is 10.9 Å². The van der Waals surface area contributed by atoms with E-state index in [1.807, 2.05) is 37.4 Å². The molecule has 1 N–H and O–H groups in total. The van der Waals surface area contributed by atoms with E-state index in [0.29, 0.717) is 17.3 Å². The summed E-state index contributed by atoms with van der Waals surface area (Å²) in [5.74, 6) is 0.295. The normalized spacial score (nSPS) is 10.7. The lowest BCUT2D eigenvalue weighted by Gasteiger charge is -2.03. The Morgan fingerprint density at radius 2 is 2.05 bits per heavy atom. The van der Waals surface area contributed by atoms with Gasteiger partial charge >= 0.3 is 5.69 Å². The number of aromatic nitrogens is 3. The van der Waals surface area contributed by atoms with Crippen molar-refractivity contribution in [2.45, 2.75) is 23.5 Å². The van der Waals surface area contributed by atoms with Gasteiger partial charge in [0.25, 0.3) is 0 Å². The zero-order chi connectivity index (χ0) is 14.5. The van der Waals surface area contributed by atoms with Crippen molar-refractivity contribution in [3.05, 3.63) is 40.3 Å². The summed E-state index contributed by atoms with van der Waals surface area (Å²) >= 11 is 2.91. The predicted octanol–water partition coefficient (Wildman–Crippen LogP) is 2.29. The number of aromatic amines is 1. The molecule has 106 valence electrons. The summed E-state index contributed by atoms with van der Waals surface area (Å²) in [6, 6.07) is 7.51. The molecule has 0 unspecified atom stereocenters. The summed E-state index contributed by atoms with van der Waals surface area (Å²) in [4.78, 5) is 24.6. The van der Waals surface area contributed by atoms with Gasteiger partial charge in [0.05, 0.1) is 5.75 Å². The van der Waals surface area contributed by atoms with E-state index in [-0.39, 0.29) is 17.2 Å². The molecule has 0 aliphatic rings. The molecule has 1 aromatic heterocycles. The molecule has 0 atom stereocenters. The van der Waals surface area contributed by atoms with E-state index in [9.17, 15) is 9.59 Å². The fourth-order valence-corrected chi connectivity index (χ4v) is 3.00. The molecule has 1 aromatic carbocycles. The second kappa shape index (κ2) is 6.81. The van der Waals surface area contributed by atoms with Crippen LogP contribution in [0.25, 0.3) is 0 Å². The molecule has 0 spiro atoms. The van der Waals surface area contributed by atoms with Crippen LogP contribution in [0, 0.1) is 0 Å². The number of nitrogens with one attached hydrogen (secondary N) is 1. The van der Waals surface area contributed by atoms with Gasteiger partial charge in [0, 0.05) is 17.0 Å². The number of nitrogens with zero attached hydrogens (tertiary/aromatic N) is 2. The molecule has 0 amide bonds. The molecule has 0 saturated carbocycles. The number of benzene rings is 1. The SMILES string of the molecule is CCn1c(SCC(=O)c2ccc(SC)cc2)n[nH]c1=O. The average Bonchev–Trinajstić information content (AvgIpc) is 2.85. The highest BCUT2D eigenvalue weighted by molar-refractivity contribution is 7.99. The molecule has 20 heavy (non-hydrogen) atoms. The van der Waals surface area contributed by atoms with E-state index >= 15 is 0 Å². The van der Waals surface area contributed by atoms with Crippen LogP contribution >= 0.6 is 23.5 Å². The fourth-order valence-electron chi connectivity index (χ4n) is 1.68. The van der Waals surface area contributed by atoms with Gasteiger partial charge in [-0.3, -0.25) is 9.36 Å². The minimum Gasteiger partial charge on any atom is -0.293 e. The number of thioether (sulfide) groups is 2. The van der Waals surface area contributed by atoms with E-state index in [4.69, 9.17) is 0 Å². The van der Waals surface area contributed by atoms with E-state index < -0.39 is 0 Å². The fraction of sp³-hybridized carbons (Fsp3) is 0.308. The Labute approximate surface area is 125 Å². The lowest BCUT2D eigenvalue weighted by molar-refractivity contribution is 0.102. The quantitative estimate of drug-likeness (QED) is 0.655. The van der Waals surface area contributed by atoms with Crippen LogP contribution in [0.5, 0.6) is 0 Å². The number of ketones is 1. The highest BCUT2D eigenvalue weighted by atomic mass is 32.2. The van der Waals surface area contributed by atoms with Crippen LogP contribution in [0.1, 0.15) is 17.3 Å². The Hall–Kier alpha value is -1.47. The maximum absolute atomic E-state index is 12.1. The molecule has 5 nitrogen and oxygen atoms in total. The molecule has 2 aromatic rings. The molecule has 0 bridgehead atoms. The van der Waals surface area contributed by atoms with Crippen molar-refractivity contribution < 1.29 is 4.79 Å². The summed E-state index contributed by atoms with van der Waals surface area (Å²) in [6.07, 6.45) is 1.99. The summed E-state index contributed by atoms with van der Waals surface area (Å²) in [7, 11) is 0. The smallest absolute Gasteiger partial charge is 0.293 e. The Kier molecular flexibility index (Phi) is 5.08. The summed E-state index contributed by atoms with van der Waals surface area (Å²) < 4.78 is 1.51. The van der Waals surface area contributed by atoms with Gasteiger partial charge in [0.2, 0.25) is 0 Å². The second-order valence-corrected chi connectivity index (χ2v) is 5.82. The molecule has 0 fully saturated rings. The van der Waals surface area contributed by atoms with E-state index in [0.717, 1.165) is 4.90 Å². The van der Waals surface area contributed by atoms with Gasteiger partial charge in [-0.05, 0) is 25.3 Å². The van der Waals surface area contributed by atoms with Gasteiger partial charge in [-0.1, -0.05) is 23.9 Å². The number of H-pyrrole nitrogens is 1. The van der Waals surface area contributed by atoms with Gasteiger partial charge in [0.1, 0.15) is 0 Å². The van der Waals surface area contributed by atoms with Gasteiger partial charge in [-0.15, -0.1) is 16.9 Å². The monoisotopic (exact) mass is 309 g/mol. The highest BCUT2D eigenvalue weighted by Crippen LogP contribution is 2.18. The number of hydrogen-bond acceptors (Lipinski definition) is 5. The number of carbonyl (C=O) groups excluding carboxylic acids is 1. The van der Waals surface area contributed by atoms with Crippen LogP contribution in [0.15, 0.2) is 39.1 Å². The standard InChI is InChI=1S/C13H15N3O2S2/c1-3-16-12(18)14-15-13(16)20-8-11(17)9-4-6-10(19-2)7-5-9/h4-7H,3,8H2,1-2H3,(H,14,18). The van der Waals surface area contributed by atoms with Crippen molar-refractivity contribution in [3.8, 4) is 0 Å². The first kappa shape index (κ1) is 14.9. The number of carbonyl (C=O) groups is 1. The van der Waals surface area contributed by atoms with Crippen LogP contribution in [0.2, 0.25) is 0 Å². The molecular formula is C13H15N3O2S2. The first-order valence-corrected chi connectivity index (χ1v) is 8.32. The zero-order valence-electron chi connectivity index (χ0n) is 11.3. The van der Waals surface area contributed by atoms with Crippen molar-refractivity contribution >= 4 is 29.3 Å². The topological polar surface area (TPSA) is 67.8 Å². The first-order chi connectivity index (χ1) is 9.65. The Balaban J connectivity index is 2.02. The molecule has 1 heterocycles. The minimum absolute atomic E-state index is 0.0285. The van der Waals surface area contributed by atoms with E-state index in [1.165, 1.54) is 16.3 Å². The molecule has 0 radical (unpaired) electrons. The van der Waals surface area contributed by atoms with Crippen LogP contribution in [0.3, 0.4) is 0 Å². The van der Waals surface area contributed by atoms with Gasteiger partial charge in [-0.25, -0.2) is 9.89 Å². The number of hydrogen-bond donors (Lipinski definition) is 1. The maximum Gasteiger partial charge on any atom is 0.343 e. The Morgan fingerprint density at radius 3 is 2.65 bits per heavy atom. The molecule has 0 aliphatic carbocycles. The lowest BCUT2D eigenvalue weighted by atomic mass is 10.1. The van der Waals surface area contributed by atoms with Crippen molar-refractivity contribution in [1.82, 2.24) is 14.8 Å². The molecule has 0 saturated heterocycles. The Bertz CT molecular complexity index is 646. The molecule has 2 rings (SSSR count). The number of rotatable bonds is 6. The van der Waals surface area contributed by atoms with Crippen molar-refractivity contribution in [2.75, 3.05) is 12.0 Å². The van der Waals surface area contributed by atoms with E-state index in [2.05, 4.69) is 10.2 Å². The predicted molar refractivity (Wildman–Crippen MR) is 81.8 cm³/mol. The third-order valence-corrected chi connectivity index (χ3v) is 4.50. The van der Waals surface area contributed by atoms with Crippen molar-refractivity contribution in [3.63, 3.8) is 0 Å². The summed E-state index contributed by atoms with van der Waals surface area (Å²) in [5.41, 5.74) is 0.433. The van der Waals surface area contributed by atoms with Crippen molar-refractivity contribution in [1.29, 1.82) is 0 Å². The van der Waals surface area contributed by atoms with Crippen LogP contribution < -0.4 is 5.69 Å². The largest absolute Gasteiger partial charge is 0.343 e. The molecular weight excluding hydrogens is 294 g/mol. The number of Topliss-reactive ketones (excluding diaryl/α,β-unsaturated/α-hetero) is 1. The third kappa shape index (κ3) is 3.34. The Morgan fingerprint density at radius 1 is 1.35 bits per heavy atom. The maximum atomic E-state index is 12.1.